The van der Waals surface area contributed by atoms with Crippen LogP contribution in [0.1, 0.15) is 5.69 Å². The molecular weight excluding hydrogens is 435 g/mol. The van der Waals surface area contributed by atoms with Crippen molar-refractivity contribution in [2.24, 2.45) is 0 Å². The van der Waals surface area contributed by atoms with Gasteiger partial charge in [0.2, 0.25) is 0 Å². The standard InChI is InChI=1S/C20H14Cl2N2O4S/c1-12-9-20(25)24(18-10-16(22)19(11-15(18)21)29(26,27)28)23(12)17-8-4-6-13-5-2-3-7-14(13)17/h2-11H,1H3,(H,26,27,28). The molecule has 4 aromatic rings. The molecule has 0 fully saturated rings. The van der Waals surface area contributed by atoms with E-state index < -0.39 is 15.0 Å². The molecule has 0 aliphatic heterocycles. The molecule has 0 aliphatic rings. The molecule has 29 heavy (non-hydrogen) atoms. The van der Waals surface area contributed by atoms with Gasteiger partial charge in [-0.3, -0.25) is 9.35 Å². The molecule has 0 aliphatic carbocycles. The maximum absolute atomic E-state index is 12.8. The summed E-state index contributed by atoms with van der Waals surface area (Å²) in [5, 5.41) is 1.60. The summed E-state index contributed by atoms with van der Waals surface area (Å²) >= 11 is 12.4. The maximum atomic E-state index is 12.8. The first-order valence-electron chi connectivity index (χ1n) is 8.45. The number of hydrogen-bond acceptors (Lipinski definition) is 3. The quantitative estimate of drug-likeness (QED) is 0.462. The van der Waals surface area contributed by atoms with E-state index in [1.54, 1.807) is 11.6 Å². The smallest absolute Gasteiger partial charge is 0.282 e. The van der Waals surface area contributed by atoms with Crippen molar-refractivity contribution in [1.82, 2.24) is 9.36 Å². The van der Waals surface area contributed by atoms with Crippen LogP contribution in [0.2, 0.25) is 10.0 Å². The van der Waals surface area contributed by atoms with Crippen LogP contribution < -0.4 is 5.56 Å². The molecule has 0 radical (unpaired) electrons. The van der Waals surface area contributed by atoms with Gasteiger partial charge in [0.25, 0.3) is 15.7 Å². The van der Waals surface area contributed by atoms with E-state index in [9.17, 15) is 17.8 Å². The molecule has 0 bridgehead atoms. The third-order valence-corrected chi connectivity index (χ3v) is 6.20. The van der Waals surface area contributed by atoms with Crippen molar-refractivity contribution in [1.29, 1.82) is 0 Å². The van der Waals surface area contributed by atoms with Gasteiger partial charge in [-0.25, -0.2) is 9.36 Å². The van der Waals surface area contributed by atoms with Gasteiger partial charge in [-0.1, -0.05) is 59.6 Å². The number of benzene rings is 3. The van der Waals surface area contributed by atoms with Gasteiger partial charge in [-0.05, 0) is 30.5 Å². The molecule has 148 valence electrons. The molecule has 3 aromatic carbocycles. The molecule has 9 heteroatoms. The van der Waals surface area contributed by atoms with E-state index in [2.05, 4.69) is 0 Å². The van der Waals surface area contributed by atoms with Crippen LogP contribution in [0, 0.1) is 6.92 Å². The van der Waals surface area contributed by atoms with Crippen LogP contribution in [0.15, 0.2) is 70.4 Å². The molecule has 6 nitrogen and oxygen atoms in total. The summed E-state index contributed by atoms with van der Waals surface area (Å²) in [6, 6.07) is 17.2. The first kappa shape index (κ1) is 19.7. The minimum Gasteiger partial charge on any atom is -0.282 e. The van der Waals surface area contributed by atoms with E-state index in [1.807, 2.05) is 42.5 Å². The Kier molecular flexibility index (Phi) is 4.78. The number of rotatable bonds is 3. The summed E-state index contributed by atoms with van der Waals surface area (Å²) in [6.45, 7) is 1.78. The van der Waals surface area contributed by atoms with Crippen LogP contribution in [0.4, 0.5) is 0 Å². The van der Waals surface area contributed by atoms with E-state index in [-0.39, 0.29) is 21.3 Å². The SMILES string of the molecule is Cc1cc(=O)n(-c2cc(Cl)c(S(=O)(=O)O)cc2Cl)n1-c1cccc2ccccc12. The summed E-state index contributed by atoms with van der Waals surface area (Å²) in [5.41, 5.74) is 1.22. The fourth-order valence-electron chi connectivity index (χ4n) is 3.35. The van der Waals surface area contributed by atoms with E-state index in [0.29, 0.717) is 5.69 Å². The minimum absolute atomic E-state index is 0.0521. The molecule has 0 atom stereocenters. The predicted molar refractivity (Wildman–Crippen MR) is 113 cm³/mol. The van der Waals surface area contributed by atoms with Gasteiger partial charge < -0.3 is 0 Å². The Labute approximate surface area is 176 Å². The lowest BCUT2D eigenvalue weighted by atomic mass is 10.1. The van der Waals surface area contributed by atoms with Crippen molar-refractivity contribution < 1.29 is 13.0 Å². The first-order valence-corrected chi connectivity index (χ1v) is 10.6. The number of fused-ring (bicyclic) bond motifs is 1. The Bertz CT molecular complexity index is 1430. The van der Waals surface area contributed by atoms with Crippen molar-refractivity contribution >= 4 is 44.1 Å². The average Bonchev–Trinajstić information content (AvgIpc) is 2.95. The van der Waals surface area contributed by atoms with Gasteiger partial charge >= 0.3 is 0 Å². The van der Waals surface area contributed by atoms with Gasteiger partial charge in [-0.2, -0.15) is 8.42 Å². The second-order valence-corrected chi connectivity index (χ2v) is 8.66. The van der Waals surface area contributed by atoms with Crippen LogP contribution in [-0.2, 0) is 10.1 Å². The molecular formula is C20H14Cl2N2O4S. The van der Waals surface area contributed by atoms with Crippen LogP contribution >= 0.6 is 23.2 Å². The van der Waals surface area contributed by atoms with Crippen LogP contribution in [0.25, 0.3) is 22.1 Å². The van der Waals surface area contributed by atoms with Crippen molar-refractivity contribution in [3.63, 3.8) is 0 Å². The van der Waals surface area contributed by atoms with Gasteiger partial charge in [0.1, 0.15) is 4.90 Å². The largest absolute Gasteiger partial charge is 0.296 e. The van der Waals surface area contributed by atoms with Gasteiger partial charge in [0.05, 0.1) is 21.4 Å². The number of aromatic nitrogens is 2. The zero-order valence-electron chi connectivity index (χ0n) is 15.0. The maximum Gasteiger partial charge on any atom is 0.296 e. The van der Waals surface area contributed by atoms with Crippen molar-refractivity contribution in [3.8, 4) is 11.4 Å². The van der Waals surface area contributed by atoms with Crippen LogP contribution in [0.3, 0.4) is 0 Å². The normalized spacial score (nSPS) is 11.9. The fraction of sp³-hybridized carbons (Fsp3) is 0.0500. The summed E-state index contributed by atoms with van der Waals surface area (Å²) in [4.78, 5) is 12.3. The van der Waals surface area contributed by atoms with E-state index in [0.717, 1.165) is 22.5 Å². The zero-order valence-corrected chi connectivity index (χ0v) is 17.3. The highest BCUT2D eigenvalue weighted by Gasteiger charge is 2.21. The number of halogens is 2. The number of nitrogens with zero attached hydrogens (tertiary/aromatic N) is 2. The Morgan fingerprint density at radius 1 is 0.862 bits per heavy atom. The van der Waals surface area contributed by atoms with Crippen LogP contribution in [0.5, 0.6) is 0 Å². The molecule has 0 saturated carbocycles. The average molecular weight is 449 g/mol. The summed E-state index contributed by atoms with van der Waals surface area (Å²) in [7, 11) is -4.56. The molecule has 0 saturated heterocycles. The lowest BCUT2D eigenvalue weighted by molar-refractivity contribution is 0.483. The second kappa shape index (κ2) is 7.03. The van der Waals surface area contributed by atoms with Crippen molar-refractivity contribution in [2.75, 3.05) is 0 Å². The lowest BCUT2D eigenvalue weighted by Gasteiger charge is -2.17. The van der Waals surface area contributed by atoms with E-state index in [1.165, 1.54) is 16.8 Å². The third-order valence-electron chi connectivity index (χ3n) is 4.58. The highest BCUT2D eigenvalue weighted by molar-refractivity contribution is 7.86. The Balaban J connectivity index is 2.06. The lowest BCUT2D eigenvalue weighted by Crippen LogP contribution is -2.21. The first-order chi connectivity index (χ1) is 13.7. The van der Waals surface area contributed by atoms with Crippen molar-refractivity contribution in [3.05, 3.63) is 86.8 Å². The van der Waals surface area contributed by atoms with Gasteiger partial charge in [0.15, 0.2) is 0 Å². The Morgan fingerprint density at radius 2 is 1.55 bits per heavy atom. The van der Waals surface area contributed by atoms with E-state index >= 15 is 0 Å². The Hall–Kier alpha value is -2.58. The predicted octanol–water partition coefficient (Wildman–Crippen LogP) is 4.64. The molecule has 4 rings (SSSR count). The molecule has 0 spiro atoms. The summed E-state index contributed by atoms with van der Waals surface area (Å²) < 4.78 is 35.3. The van der Waals surface area contributed by atoms with Crippen molar-refractivity contribution in [2.45, 2.75) is 11.8 Å². The van der Waals surface area contributed by atoms with Gasteiger partial charge in [-0.15, -0.1) is 0 Å². The van der Waals surface area contributed by atoms with Crippen LogP contribution in [-0.4, -0.2) is 22.3 Å². The summed E-state index contributed by atoms with van der Waals surface area (Å²) in [5.74, 6) is 0. The topological polar surface area (TPSA) is 81.3 Å². The molecule has 0 unspecified atom stereocenters. The molecule has 1 aromatic heterocycles. The number of hydrogen-bond donors (Lipinski definition) is 1. The summed E-state index contributed by atoms with van der Waals surface area (Å²) in [6.07, 6.45) is 0. The fourth-order valence-corrected chi connectivity index (χ4v) is 4.68. The molecule has 1 heterocycles. The van der Waals surface area contributed by atoms with E-state index in [4.69, 9.17) is 23.2 Å². The third kappa shape index (κ3) is 3.36. The minimum atomic E-state index is -4.56. The molecule has 1 N–H and O–H groups in total. The Morgan fingerprint density at radius 3 is 2.28 bits per heavy atom. The highest BCUT2D eigenvalue weighted by Crippen LogP contribution is 2.32. The highest BCUT2D eigenvalue weighted by atomic mass is 35.5. The molecule has 0 amide bonds. The monoisotopic (exact) mass is 448 g/mol. The zero-order chi connectivity index (χ0) is 20.9. The second-order valence-electron chi connectivity index (χ2n) is 6.45. The number of aryl methyl sites for hydroxylation is 1. The van der Waals surface area contributed by atoms with Gasteiger partial charge in [0, 0.05) is 17.1 Å².